The lowest BCUT2D eigenvalue weighted by Crippen LogP contribution is -2.33. The lowest BCUT2D eigenvalue weighted by molar-refractivity contribution is -0.115. The van der Waals surface area contributed by atoms with Crippen molar-refractivity contribution in [2.75, 3.05) is 5.32 Å². The molecule has 3 rings (SSSR count). The molecule has 0 saturated heterocycles. The van der Waals surface area contributed by atoms with Crippen LogP contribution >= 0.6 is 35.4 Å². The summed E-state index contributed by atoms with van der Waals surface area (Å²) in [7, 11) is 0. The first-order valence-electron chi connectivity index (χ1n) is 9.81. The van der Waals surface area contributed by atoms with E-state index in [0.29, 0.717) is 27.5 Å². The fourth-order valence-electron chi connectivity index (χ4n) is 3.02. The monoisotopic (exact) mass is 472 g/mol. The van der Waals surface area contributed by atoms with Crippen molar-refractivity contribution in [3.05, 3.63) is 82.0 Å². The molecule has 160 valence electrons. The van der Waals surface area contributed by atoms with Gasteiger partial charge in [-0.1, -0.05) is 55.2 Å². The lowest BCUT2D eigenvalue weighted by Gasteiger charge is -2.16. The average Bonchev–Trinajstić information content (AvgIpc) is 3.20. The van der Waals surface area contributed by atoms with Crippen LogP contribution in [0, 0.1) is 0 Å². The predicted octanol–water partition coefficient (Wildman–Crippen LogP) is 7.29. The van der Waals surface area contributed by atoms with Gasteiger partial charge in [0, 0.05) is 27.4 Å². The highest BCUT2D eigenvalue weighted by Crippen LogP contribution is 2.29. The molecule has 2 aromatic carbocycles. The predicted molar refractivity (Wildman–Crippen MR) is 133 cm³/mol. The average molecular weight is 473 g/mol. The minimum atomic E-state index is -0.359. The van der Waals surface area contributed by atoms with Gasteiger partial charge in [0.1, 0.15) is 11.5 Å². The molecule has 0 aliphatic rings. The number of anilines is 1. The van der Waals surface area contributed by atoms with Crippen molar-refractivity contribution >= 4 is 58.2 Å². The molecule has 4 nitrogen and oxygen atoms in total. The molecular weight excluding hydrogens is 451 g/mol. The molecule has 31 heavy (non-hydrogen) atoms. The van der Waals surface area contributed by atoms with E-state index in [-0.39, 0.29) is 11.0 Å². The zero-order valence-corrected chi connectivity index (χ0v) is 19.4. The molecule has 1 heterocycles. The summed E-state index contributed by atoms with van der Waals surface area (Å²) in [4.78, 5) is 12.3. The molecule has 1 aromatic heterocycles. The number of carbonyl (C=O) groups is 1. The van der Waals surface area contributed by atoms with E-state index in [4.69, 9.17) is 39.8 Å². The van der Waals surface area contributed by atoms with Gasteiger partial charge in [-0.25, -0.2) is 0 Å². The Bertz CT molecular complexity index is 1100. The normalized spacial score (nSPS) is 12.0. The zero-order chi connectivity index (χ0) is 22.4. The molecule has 0 unspecified atom stereocenters. The first-order valence-corrected chi connectivity index (χ1v) is 11.0. The minimum Gasteiger partial charge on any atom is -0.457 e. The number of carbonyl (C=O) groups excluding carboxylic acids is 1. The van der Waals surface area contributed by atoms with Gasteiger partial charge in [-0.3, -0.25) is 10.1 Å². The molecule has 2 N–H and O–H groups in total. The first-order chi connectivity index (χ1) is 14.9. The van der Waals surface area contributed by atoms with Crippen LogP contribution in [-0.4, -0.2) is 11.0 Å². The summed E-state index contributed by atoms with van der Waals surface area (Å²) in [6, 6.07) is 16.6. The van der Waals surface area contributed by atoms with Gasteiger partial charge in [0.15, 0.2) is 5.11 Å². The van der Waals surface area contributed by atoms with Crippen LogP contribution in [0.25, 0.3) is 17.4 Å². The van der Waals surface area contributed by atoms with E-state index in [2.05, 4.69) is 30.5 Å². The van der Waals surface area contributed by atoms with Crippen LogP contribution in [0.2, 0.25) is 10.0 Å². The standard InChI is InChI=1S/C24H22Cl2N2O2S/c1-3-15(2)20-6-4-5-7-21(20)27-24(31)28-23(29)11-9-19-8-10-22(30-19)16-12-17(25)14-18(26)13-16/h4-15H,3H2,1-2H3,(H2,27,28,29,31)/b11-9+/t15-/m1/s1. The number of para-hydroxylation sites is 1. The quantitative estimate of drug-likeness (QED) is 0.292. The maximum absolute atomic E-state index is 12.3. The van der Waals surface area contributed by atoms with E-state index < -0.39 is 0 Å². The molecule has 7 heteroatoms. The molecule has 3 aromatic rings. The third-order valence-electron chi connectivity index (χ3n) is 4.76. The van der Waals surface area contributed by atoms with E-state index in [9.17, 15) is 4.79 Å². The maximum atomic E-state index is 12.3. The molecular formula is C24H22Cl2N2O2S. The number of rotatable bonds is 6. The topological polar surface area (TPSA) is 54.3 Å². The third-order valence-corrected chi connectivity index (χ3v) is 5.40. The van der Waals surface area contributed by atoms with Crippen LogP contribution in [-0.2, 0) is 4.79 Å². The Hall–Kier alpha value is -2.60. The van der Waals surface area contributed by atoms with Gasteiger partial charge >= 0.3 is 0 Å². The highest BCUT2D eigenvalue weighted by atomic mass is 35.5. The van der Waals surface area contributed by atoms with E-state index in [0.717, 1.165) is 23.2 Å². The summed E-state index contributed by atoms with van der Waals surface area (Å²) < 4.78 is 5.75. The highest BCUT2D eigenvalue weighted by Gasteiger charge is 2.10. The second-order valence-electron chi connectivity index (χ2n) is 7.03. The Morgan fingerprint density at radius 2 is 1.84 bits per heavy atom. The molecule has 0 saturated carbocycles. The molecule has 1 atom stereocenters. The van der Waals surface area contributed by atoms with Crippen molar-refractivity contribution in [3.63, 3.8) is 0 Å². The van der Waals surface area contributed by atoms with E-state index >= 15 is 0 Å². The largest absolute Gasteiger partial charge is 0.457 e. The van der Waals surface area contributed by atoms with Crippen molar-refractivity contribution in [2.45, 2.75) is 26.2 Å². The van der Waals surface area contributed by atoms with E-state index in [1.807, 2.05) is 18.2 Å². The minimum absolute atomic E-state index is 0.235. The second kappa shape index (κ2) is 10.6. The lowest BCUT2D eigenvalue weighted by atomic mass is 9.97. The van der Waals surface area contributed by atoms with Crippen molar-refractivity contribution in [3.8, 4) is 11.3 Å². The number of benzene rings is 2. The summed E-state index contributed by atoms with van der Waals surface area (Å²) in [5.41, 5.74) is 2.80. The number of furan rings is 1. The summed E-state index contributed by atoms with van der Waals surface area (Å²) in [6.07, 6.45) is 3.94. The zero-order valence-electron chi connectivity index (χ0n) is 17.1. The number of thiocarbonyl (C=S) groups is 1. The van der Waals surface area contributed by atoms with Crippen LogP contribution in [0.15, 0.2) is 65.1 Å². The van der Waals surface area contributed by atoms with Crippen molar-refractivity contribution in [2.24, 2.45) is 0 Å². The van der Waals surface area contributed by atoms with Crippen LogP contribution in [0.5, 0.6) is 0 Å². The molecule has 1 amide bonds. The van der Waals surface area contributed by atoms with Gasteiger partial charge in [-0.05, 0) is 72.6 Å². The Morgan fingerprint density at radius 3 is 2.55 bits per heavy atom. The number of hydrogen-bond acceptors (Lipinski definition) is 3. The van der Waals surface area contributed by atoms with Gasteiger partial charge in [0.05, 0.1) is 0 Å². The van der Waals surface area contributed by atoms with Crippen molar-refractivity contribution < 1.29 is 9.21 Å². The van der Waals surface area contributed by atoms with Gasteiger partial charge in [0.25, 0.3) is 0 Å². The number of amides is 1. The first kappa shape index (κ1) is 23.1. The van der Waals surface area contributed by atoms with Gasteiger partial charge in [0.2, 0.25) is 5.91 Å². The molecule has 0 fully saturated rings. The molecule has 0 spiro atoms. The van der Waals surface area contributed by atoms with Crippen LogP contribution in [0.3, 0.4) is 0 Å². The maximum Gasteiger partial charge on any atom is 0.250 e. The van der Waals surface area contributed by atoms with Crippen molar-refractivity contribution in [1.29, 1.82) is 0 Å². The van der Waals surface area contributed by atoms with Crippen LogP contribution in [0.4, 0.5) is 5.69 Å². The van der Waals surface area contributed by atoms with E-state index in [1.165, 1.54) is 6.08 Å². The van der Waals surface area contributed by atoms with Gasteiger partial charge in [-0.2, -0.15) is 0 Å². The second-order valence-corrected chi connectivity index (χ2v) is 8.31. The molecule has 0 radical (unpaired) electrons. The smallest absolute Gasteiger partial charge is 0.250 e. The summed E-state index contributed by atoms with van der Waals surface area (Å²) in [6.45, 7) is 4.28. The Labute approximate surface area is 197 Å². The number of halogens is 2. The number of nitrogens with one attached hydrogen (secondary N) is 2. The summed E-state index contributed by atoms with van der Waals surface area (Å²) in [5.74, 6) is 1.14. The number of hydrogen-bond donors (Lipinski definition) is 2. The molecule has 0 aliphatic carbocycles. The Kier molecular flexibility index (Phi) is 7.91. The summed E-state index contributed by atoms with van der Waals surface area (Å²) in [5, 5.41) is 7.04. The molecule has 0 aliphatic heterocycles. The Morgan fingerprint density at radius 1 is 1.13 bits per heavy atom. The SMILES string of the molecule is CC[C@@H](C)c1ccccc1NC(=S)NC(=O)/C=C/c1ccc(-c2cc(Cl)cc(Cl)c2)o1. The fraction of sp³-hybridized carbons (Fsp3) is 0.167. The van der Waals surface area contributed by atoms with Crippen LogP contribution in [0.1, 0.15) is 37.5 Å². The van der Waals surface area contributed by atoms with Crippen LogP contribution < -0.4 is 10.6 Å². The fourth-order valence-corrected chi connectivity index (χ4v) is 3.76. The molecule has 0 bridgehead atoms. The summed E-state index contributed by atoms with van der Waals surface area (Å²) >= 11 is 17.4. The highest BCUT2D eigenvalue weighted by molar-refractivity contribution is 7.80. The van der Waals surface area contributed by atoms with E-state index in [1.54, 1.807) is 36.4 Å². The van der Waals surface area contributed by atoms with Gasteiger partial charge in [-0.15, -0.1) is 0 Å². The Balaban J connectivity index is 1.61. The van der Waals surface area contributed by atoms with Crippen molar-refractivity contribution in [1.82, 2.24) is 5.32 Å². The van der Waals surface area contributed by atoms with Gasteiger partial charge < -0.3 is 9.73 Å². The third kappa shape index (κ3) is 6.44.